The third-order valence-corrected chi connectivity index (χ3v) is 4.91. The lowest BCUT2D eigenvalue weighted by molar-refractivity contribution is -0.144. The fourth-order valence-electron chi connectivity index (χ4n) is 3.51. The zero-order valence-electron chi connectivity index (χ0n) is 15.3. The molecule has 0 bridgehead atoms. The molecule has 1 fully saturated rings. The molecule has 3 rings (SSSR count). The number of piperazine rings is 1. The minimum absolute atomic E-state index is 0.0825. The number of halogens is 1. The summed E-state index contributed by atoms with van der Waals surface area (Å²) >= 11 is 0. The van der Waals surface area contributed by atoms with Gasteiger partial charge in [-0.2, -0.15) is 0 Å². The van der Waals surface area contributed by atoms with Crippen molar-refractivity contribution in [2.24, 2.45) is 0 Å². The Morgan fingerprint density at radius 2 is 1.78 bits per heavy atom. The van der Waals surface area contributed by atoms with Gasteiger partial charge in [-0.05, 0) is 36.2 Å². The highest BCUT2D eigenvalue weighted by atomic mass is 19.1. The van der Waals surface area contributed by atoms with E-state index in [1.165, 1.54) is 19.1 Å². The lowest BCUT2D eigenvalue weighted by Crippen LogP contribution is -2.48. The van der Waals surface area contributed by atoms with Crippen LogP contribution in [0.3, 0.4) is 0 Å². The molecule has 1 unspecified atom stereocenters. The van der Waals surface area contributed by atoms with Crippen LogP contribution in [-0.2, 0) is 11.3 Å². The number of rotatable bonds is 6. The van der Waals surface area contributed by atoms with E-state index < -0.39 is 12.0 Å². The molecule has 0 aromatic heterocycles. The molecule has 2 aromatic rings. The summed E-state index contributed by atoms with van der Waals surface area (Å²) in [6.07, 6.45) is 0. The van der Waals surface area contributed by atoms with Crippen LogP contribution < -0.4 is 0 Å². The van der Waals surface area contributed by atoms with Crippen molar-refractivity contribution in [1.29, 1.82) is 0 Å². The Balaban J connectivity index is 1.68. The quantitative estimate of drug-likeness (QED) is 0.792. The lowest BCUT2D eigenvalue weighted by Gasteiger charge is -2.38. The fourth-order valence-corrected chi connectivity index (χ4v) is 3.51. The Morgan fingerprint density at radius 3 is 2.41 bits per heavy atom. The number of Topliss-reactive ketones (excluding diaryl/α,β-unsaturated/α-hetero) is 1. The van der Waals surface area contributed by atoms with Crippen LogP contribution >= 0.6 is 0 Å². The van der Waals surface area contributed by atoms with Gasteiger partial charge in [0, 0.05) is 38.3 Å². The Labute approximate surface area is 158 Å². The van der Waals surface area contributed by atoms with Crippen molar-refractivity contribution < 1.29 is 19.1 Å². The number of carboxylic acid groups (broad SMARTS) is 1. The van der Waals surface area contributed by atoms with Crippen LogP contribution in [0.25, 0.3) is 0 Å². The second-order valence-corrected chi connectivity index (χ2v) is 6.86. The van der Waals surface area contributed by atoms with E-state index in [0.29, 0.717) is 43.9 Å². The van der Waals surface area contributed by atoms with Crippen LogP contribution in [0.15, 0.2) is 48.5 Å². The van der Waals surface area contributed by atoms with E-state index in [4.69, 9.17) is 0 Å². The first-order valence-electron chi connectivity index (χ1n) is 8.98. The normalized spacial score (nSPS) is 16.8. The van der Waals surface area contributed by atoms with Gasteiger partial charge in [0.1, 0.15) is 11.9 Å². The number of ketones is 1. The zero-order chi connectivity index (χ0) is 19.4. The minimum atomic E-state index is -0.922. The van der Waals surface area contributed by atoms with Crippen molar-refractivity contribution in [3.63, 3.8) is 0 Å². The second kappa shape index (κ2) is 8.41. The molecular formula is C21H23FN2O3. The van der Waals surface area contributed by atoms with E-state index in [1.807, 2.05) is 11.0 Å². The van der Waals surface area contributed by atoms with E-state index in [2.05, 4.69) is 4.90 Å². The second-order valence-electron chi connectivity index (χ2n) is 6.86. The summed E-state index contributed by atoms with van der Waals surface area (Å²) < 4.78 is 13.3. The summed E-state index contributed by atoms with van der Waals surface area (Å²) in [5.41, 5.74) is 2.05. The van der Waals surface area contributed by atoms with Gasteiger partial charge in [0.15, 0.2) is 5.78 Å². The van der Waals surface area contributed by atoms with Gasteiger partial charge < -0.3 is 5.11 Å². The van der Waals surface area contributed by atoms with Crippen LogP contribution in [0.1, 0.15) is 34.5 Å². The van der Waals surface area contributed by atoms with E-state index >= 15 is 0 Å². The topological polar surface area (TPSA) is 60.9 Å². The lowest BCUT2D eigenvalue weighted by atomic mass is 10.0. The van der Waals surface area contributed by atoms with Crippen LogP contribution in [0.2, 0.25) is 0 Å². The van der Waals surface area contributed by atoms with Gasteiger partial charge in [-0.15, -0.1) is 0 Å². The summed E-state index contributed by atoms with van der Waals surface area (Å²) in [5, 5.41) is 9.76. The zero-order valence-corrected chi connectivity index (χ0v) is 15.3. The van der Waals surface area contributed by atoms with Gasteiger partial charge in [0.25, 0.3) is 0 Å². The van der Waals surface area contributed by atoms with E-state index in [-0.39, 0.29) is 11.6 Å². The average molecular weight is 370 g/mol. The smallest absolute Gasteiger partial charge is 0.325 e. The van der Waals surface area contributed by atoms with Crippen molar-refractivity contribution in [3.05, 3.63) is 71.0 Å². The third kappa shape index (κ3) is 4.78. The highest BCUT2D eigenvalue weighted by Gasteiger charge is 2.30. The maximum atomic E-state index is 13.3. The molecule has 142 valence electrons. The highest BCUT2D eigenvalue weighted by Crippen LogP contribution is 2.24. The summed E-state index contributed by atoms with van der Waals surface area (Å²) in [6, 6.07) is 12.6. The predicted molar refractivity (Wildman–Crippen MR) is 100 cm³/mol. The largest absolute Gasteiger partial charge is 0.480 e. The first-order valence-corrected chi connectivity index (χ1v) is 8.98. The van der Waals surface area contributed by atoms with Crippen LogP contribution in [0, 0.1) is 5.82 Å². The van der Waals surface area contributed by atoms with Crippen molar-refractivity contribution >= 4 is 11.8 Å². The van der Waals surface area contributed by atoms with Crippen molar-refractivity contribution in [1.82, 2.24) is 9.80 Å². The summed E-state index contributed by atoms with van der Waals surface area (Å²) in [4.78, 5) is 27.6. The summed E-state index contributed by atoms with van der Waals surface area (Å²) in [5.74, 6) is -1.25. The number of benzene rings is 2. The van der Waals surface area contributed by atoms with Crippen LogP contribution in [-0.4, -0.2) is 52.8 Å². The number of carboxylic acids is 1. The molecule has 1 aliphatic heterocycles. The monoisotopic (exact) mass is 370 g/mol. The predicted octanol–water partition coefficient (Wildman–Crippen LogP) is 2.97. The Morgan fingerprint density at radius 1 is 1.07 bits per heavy atom. The van der Waals surface area contributed by atoms with Crippen molar-refractivity contribution in [2.45, 2.75) is 19.5 Å². The molecule has 0 saturated carbocycles. The highest BCUT2D eigenvalue weighted by molar-refractivity contribution is 5.94. The number of hydrogen-bond acceptors (Lipinski definition) is 4. The maximum Gasteiger partial charge on any atom is 0.325 e. The number of aliphatic carboxylic acids is 1. The molecule has 0 amide bonds. The molecule has 0 spiro atoms. The molecule has 27 heavy (non-hydrogen) atoms. The molecule has 1 saturated heterocycles. The Bertz CT molecular complexity index is 832. The number of carbonyl (C=O) groups excluding carboxylic acids is 1. The number of nitrogens with zero attached hydrogens (tertiary/aromatic N) is 2. The summed E-state index contributed by atoms with van der Waals surface area (Å²) in [6.45, 7) is 4.70. The molecule has 1 heterocycles. The van der Waals surface area contributed by atoms with Gasteiger partial charge in [0.05, 0.1) is 0 Å². The van der Waals surface area contributed by atoms with Gasteiger partial charge in [-0.3, -0.25) is 19.4 Å². The standard InChI is InChI=1S/C21H23FN2O3/c1-15(25)17-5-3-6-18(13-17)20(21(26)27)24-10-8-23(9-11-24)14-16-4-2-7-19(22)12-16/h2-7,12-13,20H,8-11,14H2,1H3,(H,26,27). The maximum absolute atomic E-state index is 13.3. The molecule has 6 heteroatoms. The molecule has 1 atom stereocenters. The number of carbonyl (C=O) groups is 2. The third-order valence-electron chi connectivity index (χ3n) is 4.91. The van der Waals surface area contributed by atoms with E-state index in [9.17, 15) is 19.1 Å². The van der Waals surface area contributed by atoms with Gasteiger partial charge >= 0.3 is 5.97 Å². The van der Waals surface area contributed by atoms with E-state index in [0.717, 1.165) is 5.56 Å². The molecular weight excluding hydrogens is 347 g/mol. The first kappa shape index (κ1) is 19.2. The van der Waals surface area contributed by atoms with Crippen LogP contribution in [0.4, 0.5) is 4.39 Å². The molecule has 5 nitrogen and oxygen atoms in total. The Hall–Kier alpha value is -2.57. The molecule has 0 radical (unpaired) electrons. The fraction of sp³-hybridized carbons (Fsp3) is 0.333. The SMILES string of the molecule is CC(=O)c1cccc(C(C(=O)O)N2CCN(Cc3cccc(F)c3)CC2)c1. The molecule has 2 aromatic carbocycles. The average Bonchev–Trinajstić information content (AvgIpc) is 2.63. The molecule has 1 aliphatic rings. The Kier molecular flexibility index (Phi) is 5.98. The van der Waals surface area contributed by atoms with Crippen molar-refractivity contribution in [2.75, 3.05) is 26.2 Å². The number of hydrogen-bond donors (Lipinski definition) is 1. The molecule has 1 N–H and O–H groups in total. The van der Waals surface area contributed by atoms with Gasteiger partial charge in [0.2, 0.25) is 0 Å². The van der Waals surface area contributed by atoms with Gasteiger partial charge in [-0.1, -0.05) is 30.3 Å². The van der Waals surface area contributed by atoms with Crippen molar-refractivity contribution in [3.8, 4) is 0 Å². The van der Waals surface area contributed by atoms with Gasteiger partial charge in [-0.25, -0.2) is 4.39 Å². The van der Waals surface area contributed by atoms with Crippen LogP contribution in [0.5, 0.6) is 0 Å². The first-order chi connectivity index (χ1) is 12.9. The summed E-state index contributed by atoms with van der Waals surface area (Å²) in [7, 11) is 0. The minimum Gasteiger partial charge on any atom is -0.480 e. The molecule has 0 aliphatic carbocycles. The van der Waals surface area contributed by atoms with E-state index in [1.54, 1.807) is 30.3 Å².